The van der Waals surface area contributed by atoms with Gasteiger partial charge in [0.1, 0.15) is 5.60 Å². The van der Waals surface area contributed by atoms with Crippen molar-refractivity contribution in [1.29, 1.82) is 0 Å². The Morgan fingerprint density at radius 2 is 1.86 bits per heavy atom. The molecule has 0 aromatic heterocycles. The average Bonchev–Trinajstić information content (AvgIpc) is 2.42. The van der Waals surface area contributed by atoms with E-state index < -0.39 is 5.60 Å². The molecule has 6 nitrogen and oxygen atoms in total. The summed E-state index contributed by atoms with van der Waals surface area (Å²) in [4.78, 5) is 15.9. The van der Waals surface area contributed by atoms with E-state index in [0.717, 1.165) is 31.6 Å². The highest BCUT2D eigenvalue weighted by molar-refractivity contribution is 5.68. The van der Waals surface area contributed by atoms with E-state index in [2.05, 4.69) is 4.90 Å². The van der Waals surface area contributed by atoms with E-state index in [1.54, 1.807) is 24.2 Å². The summed E-state index contributed by atoms with van der Waals surface area (Å²) in [7, 11) is 1.80. The molecule has 1 aliphatic heterocycles. The van der Waals surface area contributed by atoms with Crippen LogP contribution in [0.5, 0.6) is 0 Å². The Morgan fingerprint density at radius 1 is 1.29 bits per heavy atom. The van der Waals surface area contributed by atoms with Crippen molar-refractivity contribution in [2.45, 2.75) is 45.3 Å². The van der Waals surface area contributed by atoms with Crippen LogP contribution in [0.15, 0.2) is 24.2 Å². The molecule has 1 aliphatic rings. The maximum absolute atomic E-state index is 12.1. The molecule has 1 heterocycles. The lowest BCUT2D eigenvalue weighted by Crippen LogP contribution is -2.46. The number of likely N-dealkylation sites (tertiary alicyclic amines) is 1. The number of carbonyl (C=O) groups is 1. The van der Waals surface area contributed by atoms with Gasteiger partial charge in [-0.05, 0) is 45.9 Å². The van der Waals surface area contributed by atoms with Crippen LogP contribution in [0.4, 0.5) is 4.79 Å². The van der Waals surface area contributed by atoms with Crippen molar-refractivity contribution in [3.8, 4) is 0 Å². The van der Waals surface area contributed by atoms with E-state index in [1.165, 1.54) is 6.20 Å². The molecule has 1 fully saturated rings. The van der Waals surface area contributed by atoms with E-state index in [1.807, 2.05) is 20.8 Å². The molecule has 120 valence electrons. The lowest BCUT2D eigenvalue weighted by Gasteiger charge is -2.38. The van der Waals surface area contributed by atoms with Crippen molar-refractivity contribution in [2.24, 2.45) is 11.5 Å². The second-order valence-corrected chi connectivity index (χ2v) is 6.26. The minimum atomic E-state index is -0.465. The van der Waals surface area contributed by atoms with Crippen LogP contribution in [0, 0.1) is 0 Å². The number of hydrogen-bond acceptors (Lipinski definition) is 5. The molecule has 1 amide bonds. The predicted octanol–water partition coefficient (Wildman–Crippen LogP) is 1.59. The first-order chi connectivity index (χ1) is 9.78. The first-order valence-corrected chi connectivity index (χ1v) is 7.29. The summed E-state index contributed by atoms with van der Waals surface area (Å²) in [5.41, 5.74) is 11.5. The third-order valence-electron chi connectivity index (χ3n) is 3.50. The molecule has 0 aliphatic carbocycles. The highest BCUT2D eigenvalue weighted by atomic mass is 16.6. The van der Waals surface area contributed by atoms with Gasteiger partial charge < -0.3 is 26.0 Å². The van der Waals surface area contributed by atoms with Gasteiger partial charge in [0.15, 0.2) is 0 Å². The lowest BCUT2D eigenvalue weighted by atomic mass is 10.0. The van der Waals surface area contributed by atoms with Gasteiger partial charge in [0, 0.05) is 32.4 Å². The normalized spacial score (nSPS) is 18.1. The fourth-order valence-electron chi connectivity index (χ4n) is 2.36. The second kappa shape index (κ2) is 7.24. The fraction of sp³-hybridized carbons (Fsp3) is 0.667. The molecule has 0 unspecified atom stereocenters. The molecule has 4 N–H and O–H groups in total. The summed E-state index contributed by atoms with van der Waals surface area (Å²) in [5, 5.41) is 0. The minimum Gasteiger partial charge on any atom is -0.444 e. The SMILES string of the molecule is CN(C(=O)OC(C)(C)C)C1CCN(C(/C=C\N)=C/N)CC1. The van der Waals surface area contributed by atoms with Crippen molar-refractivity contribution < 1.29 is 9.53 Å². The third-order valence-corrected chi connectivity index (χ3v) is 3.50. The zero-order chi connectivity index (χ0) is 16.0. The number of amides is 1. The predicted molar refractivity (Wildman–Crippen MR) is 84.2 cm³/mol. The standard InChI is InChI=1S/C15H28N4O2/c1-15(2,3)21-14(20)18(4)12-6-9-19(10-7-12)13(11-17)5-8-16/h5,8,11-12H,6-7,9-10,16-17H2,1-4H3/b8-5-,13-11+. The van der Waals surface area contributed by atoms with Crippen LogP contribution in [0.25, 0.3) is 0 Å². The molecule has 0 bridgehead atoms. The Hall–Kier alpha value is -1.85. The van der Waals surface area contributed by atoms with Gasteiger partial charge in [-0.15, -0.1) is 0 Å². The summed E-state index contributed by atoms with van der Waals surface area (Å²) < 4.78 is 5.40. The van der Waals surface area contributed by atoms with Crippen LogP contribution in [0.1, 0.15) is 33.6 Å². The molecule has 1 rings (SSSR count). The number of carbonyl (C=O) groups excluding carboxylic acids is 1. The largest absolute Gasteiger partial charge is 0.444 e. The van der Waals surface area contributed by atoms with Gasteiger partial charge in [-0.25, -0.2) is 4.79 Å². The topological polar surface area (TPSA) is 84.8 Å². The maximum Gasteiger partial charge on any atom is 0.410 e. The Balaban J connectivity index is 2.54. The Kier molecular flexibility index (Phi) is 5.93. The van der Waals surface area contributed by atoms with Crippen molar-refractivity contribution >= 4 is 6.09 Å². The number of nitrogens with two attached hydrogens (primary N) is 2. The Morgan fingerprint density at radius 3 is 2.29 bits per heavy atom. The molecule has 0 atom stereocenters. The number of ether oxygens (including phenoxy) is 1. The molecule has 0 aromatic rings. The van der Waals surface area contributed by atoms with Crippen molar-refractivity contribution in [3.05, 3.63) is 24.2 Å². The third kappa shape index (κ3) is 5.21. The van der Waals surface area contributed by atoms with E-state index in [0.29, 0.717) is 0 Å². The summed E-state index contributed by atoms with van der Waals surface area (Å²) in [6, 6.07) is 0.192. The Labute approximate surface area is 127 Å². The van der Waals surface area contributed by atoms with Crippen LogP contribution in [0.3, 0.4) is 0 Å². The van der Waals surface area contributed by atoms with Crippen LogP contribution in [-0.2, 0) is 4.74 Å². The molecule has 6 heteroatoms. The number of rotatable bonds is 3. The van der Waals surface area contributed by atoms with Gasteiger partial charge in [-0.3, -0.25) is 0 Å². The van der Waals surface area contributed by atoms with Crippen molar-refractivity contribution in [1.82, 2.24) is 9.80 Å². The molecule has 21 heavy (non-hydrogen) atoms. The summed E-state index contributed by atoms with van der Waals surface area (Å²) in [6.07, 6.45) is 6.32. The van der Waals surface area contributed by atoms with Crippen LogP contribution >= 0.6 is 0 Å². The molecule has 0 aromatic carbocycles. The molecule has 0 radical (unpaired) electrons. The van der Waals surface area contributed by atoms with Crippen LogP contribution in [-0.4, -0.2) is 47.7 Å². The molecule has 0 saturated carbocycles. The van der Waals surface area contributed by atoms with Crippen molar-refractivity contribution in [3.63, 3.8) is 0 Å². The summed E-state index contributed by atoms with van der Waals surface area (Å²) in [6.45, 7) is 7.30. The minimum absolute atomic E-state index is 0.192. The highest BCUT2D eigenvalue weighted by Crippen LogP contribution is 2.21. The van der Waals surface area contributed by atoms with Gasteiger partial charge in [0.05, 0.1) is 5.70 Å². The van der Waals surface area contributed by atoms with E-state index in [-0.39, 0.29) is 12.1 Å². The van der Waals surface area contributed by atoms with Gasteiger partial charge in [0.2, 0.25) is 0 Å². The molecule has 1 saturated heterocycles. The summed E-state index contributed by atoms with van der Waals surface area (Å²) in [5.74, 6) is 0. The van der Waals surface area contributed by atoms with E-state index in [4.69, 9.17) is 16.2 Å². The zero-order valence-corrected chi connectivity index (χ0v) is 13.5. The second-order valence-electron chi connectivity index (χ2n) is 6.26. The van der Waals surface area contributed by atoms with Gasteiger partial charge in [0.25, 0.3) is 0 Å². The maximum atomic E-state index is 12.1. The lowest BCUT2D eigenvalue weighted by molar-refractivity contribution is 0.0166. The number of nitrogens with zero attached hydrogens (tertiary/aromatic N) is 2. The highest BCUT2D eigenvalue weighted by Gasteiger charge is 2.28. The van der Waals surface area contributed by atoms with Crippen LogP contribution < -0.4 is 11.5 Å². The quantitative estimate of drug-likeness (QED) is 0.773. The van der Waals surface area contributed by atoms with Gasteiger partial charge in [-0.1, -0.05) is 0 Å². The molecular formula is C15H28N4O2. The first-order valence-electron chi connectivity index (χ1n) is 7.29. The summed E-state index contributed by atoms with van der Waals surface area (Å²) >= 11 is 0. The van der Waals surface area contributed by atoms with Crippen LogP contribution in [0.2, 0.25) is 0 Å². The number of hydrogen-bond donors (Lipinski definition) is 2. The monoisotopic (exact) mass is 296 g/mol. The van der Waals surface area contributed by atoms with Gasteiger partial charge >= 0.3 is 6.09 Å². The van der Waals surface area contributed by atoms with Gasteiger partial charge in [-0.2, -0.15) is 0 Å². The number of allylic oxidation sites excluding steroid dienone is 1. The zero-order valence-electron chi connectivity index (χ0n) is 13.5. The van der Waals surface area contributed by atoms with E-state index >= 15 is 0 Å². The number of piperidine rings is 1. The van der Waals surface area contributed by atoms with Crippen molar-refractivity contribution in [2.75, 3.05) is 20.1 Å². The smallest absolute Gasteiger partial charge is 0.410 e. The first kappa shape index (κ1) is 17.2. The van der Waals surface area contributed by atoms with E-state index in [9.17, 15) is 4.79 Å². The Bertz CT molecular complexity index is 404. The fourth-order valence-corrected chi connectivity index (χ4v) is 2.36. The molecular weight excluding hydrogens is 268 g/mol. The molecule has 0 spiro atoms. The average molecular weight is 296 g/mol.